The molecule has 0 saturated carbocycles. The summed E-state index contributed by atoms with van der Waals surface area (Å²) in [5.41, 5.74) is 8.07. The zero-order valence-electron chi connectivity index (χ0n) is 11.7. The van der Waals surface area contributed by atoms with Gasteiger partial charge in [0.2, 0.25) is 0 Å². The lowest BCUT2D eigenvalue weighted by Gasteiger charge is -2.08. The Morgan fingerprint density at radius 1 is 1.19 bits per heavy atom. The monoisotopic (exact) mass is 301 g/mol. The van der Waals surface area contributed by atoms with Gasteiger partial charge in [-0.15, -0.1) is 11.8 Å². The first kappa shape index (κ1) is 14.2. The fourth-order valence-corrected chi connectivity index (χ4v) is 3.17. The van der Waals surface area contributed by atoms with E-state index in [1.165, 1.54) is 22.6 Å². The van der Waals surface area contributed by atoms with Crippen LogP contribution in [0.1, 0.15) is 17.4 Å². The maximum atomic E-state index is 13.2. The van der Waals surface area contributed by atoms with E-state index in [0.29, 0.717) is 17.1 Å². The molecule has 4 heteroatoms. The molecular formula is C17H16FNOS. The zero-order valence-corrected chi connectivity index (χ0v) is 12.5. The molecule has 0 aliphatic rings. The lowest BCUT2D eigenvalue weighted by molar-refractivity contribution is 0.515. The van der Waals surface area contributed by atoms with Gasteiger partial charge >= 0.3 is 0 Å². The van der Waals surface area contributed by atoms with Crippen molar-refractivity contribution in [1.29, 1.82) is 0 Å². The number of nitrogens with two attached hydrogens (primary N) is 1. The predicted octanol–water partition coefficient (Wildman–Crippen LogP) is 4.67. The van der Waals surface area contributed by atoms with Crippen LogP contribution in [0.2, 0.25) is 0 Å². The standard InChI is InChI=1S/C17H16FNOS/c1-11-3-2-4-14(7-11)21-10-15(19)17-9-12-8-13(18)5-6-16(12)20-17/h2-9,15H,10,19H2,1H3. The molecule has 0 aliphatic carbocycles. The van der Waals surface area contributed by atoms with E-state index in [2.05, 4.69) is 25.1 Å². The van der Waals surface area contributed by atoms with E-state index in [4.69, 9.17) is 10.2 Å². The third-order valence-electron chi connectivity index (χ3n) is 3.28. The van der Waals surface area contributed by atoms with Gasteiger partial charge in [-0.05, 0) is 43.3 Å². The third-order valence-corrected chi connectivity index (χ3v) is 4.40. The summed E-state index contributed by atoms with van der Waals surface area (Å²) in [4.78, 5) is 1.19. The molecule has 21 heavy (non-hydrogen) atoms. The summed E-state index contributed by atoms with van der Waals surface area (Å²) in [7, 11) is 0. The fourth-order valence-electron chi connectivity index (χ4n) is 2.19. The highest BCUT2D eigenvalue weighted by molar-refractivity contribution is 7.99. The molecule has 0 bridgehead atoms. The van der Waals surface area contributed by atoms with Crippen molar-refractivity contribution in [3.63, 3.8) is 0 Å². The molecule has 1 unspecified atom stereocenters. The van der Waals surface area contributed by atoms with Crippen LogP contribution in [0.15, 0.2) is 57.8 Å². The molecule has 1 heterocycles. The number of rotatable bonds is 4. The van der Waals surface area contributed by atoms with E-state index in [1.807, 2.05) is 12.1 Å². The minimum absolute atomic E-state index is 0.217. The number of halogens is 1. The second-order valence-electron chi connectivity index (χ2n) is 5.06. The van der Waals surface area contributed by atoms with E-state index < -0.39 is 0 Å². The van der Waals surface area contributed by atoms with Gasteiger partial charge in [-0.1, -0.05) is 17.7 Å². The third kappa shape index (κ3) is 3.28. The highest BCUT2D eigenvalue weighted by Gasteiger charge is 2.13. The van der Waals surface area contributed by atoms with Crippen molar-refractivity contribution < 1.29 is 8.81 Å². The summed E-state index contributed by atoms with van der Waals surface area (Å²) >= 11 is 1.69. The van der Waals surface area contributed by atoms with Crippen LogP contribution in [0.25, 0.3) is 11.0 Å². The van der Waals surface area contributed by atoms with E-state index in [9.17, 15) is 4.39 Å². The minimum Gasteiger partial charge on any atom is -0.459 e. The van der Waals surface area contributed by atoms with Crippen LogP contribution in [0.4, 0.5) is 4.39 Å². The number of fused-ring (bicyclic) bond motifs is 1. The average Bonchev–Trinajstić information content (AvgIpc) is 2.88. The van der Waals surface area contributed by atoms with Crippen molar-refractivity contribution in [2.45, 2.75) is 17.9 Å². The number of benzene rings is 2. The number of hydrogen-bond acceptors (Lipinski definition) is 3. The lowest BCUT2D eigenvalue weighted by atomic mass is 10.2. The number of furan rings is 1. The van der Waals surface area contributed by atoms with Gasteiger partial charge in [0.25, 0.3) is 0 Å². The Kier molecular flexibility index (Phi) is 3.99. The molecule has 1 atom stereocenters. The minimum atomic E-state index is -0.266. The van der Waals surface area contributed by atoms with E-state index in [0.717, 1.165) is 5.39 Å². The van der Waals surface area contributed by atoms with Gasteiger partial charge in [-0.25, -0.2) is 4.39 Å². The van der Waals surface area contributed by atoms with Crippen molar-refractivity contribution >= 4 is 22.7 Å². The van der Waals surface area contributed by atoms with Gasteiger partial charge in [0.1, 0.15) is 17.2 Å². The number of aryl methyl sites for hydroxylation is 1. The Bertz CT molecular complexity index is 768. The Balaban J connectivity index is 1.73. The normalized spacial score (nSPS) is 12.7. The molecule has 0 amide bonds. The molecule has 108 valence electrons. The summed E-state index contributed by atoms with van der Waals surface area (Å²) in [6.45, 7) is 2.07. The molecule has 3 aromatic rings. The summed E-state index contributed by atoms with van der Waals surface area (Å²) in [6, 6.07) is 14.4. The van der Waals surface area contributed by atoms with Crippen LogP contribution in [0.3, 0.4) is 0 Å². The highest BCUT2D eigenvalue weighted by Crippen LogP contribution is 2.28. The summed E-state index contributed by atoms with van der Waals surface area (Å²) in [6.07, 6.45) is 0. The van der Waals surface area contributed by atoms with Crippen molar-refractivity contribution in [2.24, 2.45) is 5.73 Å². The summed E-state index contributed by atoms with van der Waals surface area (Å²) in [5, 5.41) is 0.751. The number of hydrogen-bond donors (Lipinski definition) is 1. The second kappa shape index (κ2) is 5.92. The van der Waals surface area contributed by atoms with Crippen LogP contribution in [-0.2, 0) is 0 Å². The van der Waals surface area contributed by atoms with Gasteiger partial charge in [0.05, 0.1) is 6.04 Å². The van der Waals surface area contributed by atoms with Crippen LogP contribution < -0.4 is 5.73 Å². The molecule has 2 nitrogen and oxygen atoms in total. The molecule has 0 spiro atoms. The quantitative estimate of drug-likeness (QED) is 0.712. The topological polar surface area (TPSA) is 39.2 Å². The summed E-state index contributed by atoms with van der Waals surface area (Å²) in [5.74, 6) is 1.14. The van der Waals surface area contributed by atoms with Crippen LogP contribution in [0, 0.1) is 12.7 Å². The van der Waals surface area contributed by atoms with E-state index >= 15 is 0 Å². The molecular weight excluding hydrogens is 285 g/mol. The lowest BCUT2D eigenvalue weighted by Crippen LogP contribution is -2.11. The first-order chi connectivity index (χ1) is 10.1. The second-order valence-corrected chi connectivity index (χ2v) is 6.16. The Morgan fingerprint density at radius 3 is 2.86 bits per heavy atom. The molecule has 0 radical (unpaired) electrons. The van der Waals surface area contributed by atoms with Gasteiger partial charge < -0.3 is 10.2 Å². The molecule has 0 fully saturated rings. The molecule has 2 N–H and O–H groups in total. The van der Waals surface area contributed by atoms with Crippen molar-refractivity contribution in [3.05, 3.63) is 65.7 Å². The van der Waals surface area contributed by atoms with Gasteiger partial charge in [-0.3, -0.25) is 0 Å². The van der Waals surface area contributed by atoms with Crippen LogP contribution in [0.5, 0.6) is 0 Å². The maximum absolute atomic E-state index is 13.2. The Hall–Kier alpha value is -1.78. The first-order valence-electron chi connectivity index (χ1n) is 6.76. The first-order valence-corrected chi connectivity index (χ1v) is 7.74. The predicted molar refractivity (Wildman–Crippen MR) is 85.0 cm³/mol. The van der Waals surface area contributed by atoms with Gasteiger partial charge in [0, 0.05) is 16.0 Å². The Labute approximate surface area is 127 Å². The average molecular weight is 301 g/mol. The molecule has 1 aromatic heterocycles. The fraction of sp³-hybridized carbons (Fsp3) is 0.176. The largest absolute Gasteiger partial charge is 0.459 e. The zero-order chi connectivity index (χ0) is 14.8. The molecule has 3 rings (SSSR count). The van der Waals surface area contributed by atoms with Crippen LogP contribution >= 0.6 is 11.8 Å². The van der Waals surface area contributed by atoms with E-state index in [1.54, 1.807) is 17.8 Å². The highest BCUT2D eigenvalue weighted by atomic mass is 32.2. The smallest absolute Gasteiger partial charge is 0.134 e. The van der Waals surface area contributed by atoms with Gasteiger partial charge in [-0.2, -0.15) is 0 Å². The number of thioether (sulfide) groups is 1. The van der Waals surface area contributed by atoms with E-state index in [-0.39, 0.29) is 11.9 Å². The Morgan fingerprint density at radius 2 is 2.05 bits per heavy atom. The van der Waals surface area contributed by atoms with Crippen LogP contribution in [-0.4, -0.2) is 5.75 Å². The van der Waals surface area contributed by atoms with Crippen molar-refractivity contribution in [1.82, 2.24) is 0 Å². The van der Waals surface area contributed by atoms with Crippen molar-refractivity contribution in [3.8, 4) is 0 Å². The van der Waals surface area contributed by atoms with Gasteiger partial charge in [0.15, 0.2) is 0 Å². The maximum Gasteiger partial charge on any atom is 0.134 e. The molecule has 0 saturated heterocycles. The van der Waals surface area contributed by atoms with Crippen molar-refractivity contribution in [2.75, 3.05) is 5.75 Å². The molecule has 2 aromatic carbocycles. The summed E-state index contributed by atoms with van der Waals surface area (Å²) < 4.78 is 18.9. The molecule has 0 aliphatic heterocycles. The SMILES string of the molecule is Cc1cccc(SCC(N)c2cc3cc(F)ccc3o2)c1.